The second-order valence-corrected chi connectivity index (χ2v) is 7.66. The number of nitrogens with zero attached hydrogens (tertiary/aromatic N) is 2. The Balaban J connectivity index is 1.50. The highest BCUT2D eigenvalue weighted by molar-refractivity contribution is 5.79. The number of hydrogen-bond acceptors (Lipinski definition) is 3. The fourth-order valence-corrected chi connectivity index (χ4v) is 3.77. The maximum Gasteiger partial charge on any atom is 0.226 e. The minimum atomic E-state index is 0.228. The van der Waals surface area contributed by atoms with Gasteiger partial charge >= 0.3 is 0 Å². The Labute approximate surface area is 149 Å². The highest BCUT2D eigenvalue weighted by Crippen LogP contribution is 2.34. The van der Waals surface area contributed by atoms with Gasteiger partial charge in [-0.1, -0.05) is 30.1 Å². The maximum atomic E-state index is 12.9. The molecule has 0 N–H and O–H groups in total. The molecule has 0 aliphatic heterocycles. The van der Waals surface area contributed by atoms with Crippen LogP contribution in [0.15, 0.2) is 28.8 Å². The molecule has 0 unspecified atom stereocenters. The van der Waals surface area contributed by atoms with E-state index in [4.69, 9.17) is 4.52 Å². The molecule has 2 aliphatic carbocycles. The fraction of sp³-hybridized carbons (Fsp3) is 0.524. The second kappa shape index (κ2) is 6.66. The second-order valence-electron chi connectivity index (χ2n) is 7.66. The van der Waals surface area contributed by atoms with Gasteiger partial charge in [-0.3, -0.25) is 4.79 Å². The Hall–Kier alpha value is -2.10. The summed E-state index contributed by atoms with van der Waals surface area (Å²) in [4.78, 5) is 14.9. The van der Waals surface area contributed by atoms with Gasteiger partial charge < -0.3 is 9.42 Å². The van der Waals surface area contributed by atoms with E-state index < -0.39 is 0 Å². The minimum absolute atomic E-state index is 0.228. The van der Waals surface area contributed by atoms with Crippen molar-refractivity contribution in [2.75, 3.05) is 0 Å². The standard InChI is InChI=1S/C21H26N2O2/c1-14-7-8-17(11-15(14)2)20-12-18(22-25-20)13-23(19-9-10-19)21(24)16-5-3-4-6-16/h7-8,11-12,16,19H,3-6,9-10,13H2,1-2H3. The van der Waals surface area contributed by atoms with E-state index in [1.807, 2.05) is 6.07 Å². The van der Waals surface area contributed by atoms with Crippen LogP contribution in [0.3, 0.4) is 0 Å². The van der Waals surface area contributed by atoms with Gasteiger partial charge in [-0.15, -0.1) is 0 Å². The SMILES string of the molecule is Cc1ccc(-c2cc(CN(C(=O)C3CCCC3)C3CC3)no2)cc1C. The first-order valence-corrected chi connectivity index (χ1v) is 9.45. The molecule has 132 valence electrons. The number of aryl methyl sites for hydroxylation is 2. The Morgan fingerprint density at radius 1 is 1.12 bits per heavy atom. The Morgan fingerprint density at radius 3 is 2.56 bits per heavy atom. The van der Waals surface area contributed by atoms with Crippen molar-refractivity contribution >= 4 is 5.91 Å². The average molecular weight is 338 g/mol. The summed E-state index contributed by atoms with van der Waals surface area (Å²) in [6, 6.07) is 8.69. The molecule has 1 aromatic heterocycles. The Bertz CT molecular complexity index is 770. The molecule has 25 heavy (non-hydrogen) atoms. The van der Waals surface area contributed by atoms with Crippen molar-refractivity contribution in [3.8, 4) is 11.3 Å². The molecular weight excluding hydrogens is 312 g/mol. The van der Waals surface area contributed by atoms with Gasteiger partial charge in [-0.05, 0) is 56.7 Å². The summed E-state index contributed by atoms with van der Waals surface area (Å²) >= 11 is 0. The van der Waals surface area contributed by atoms with Crippen LogP contribution in [0.2, 0.25) is 0 Å². The first-order chi connectivity index (χ1) is 12.1. The summed E-state index contributed by atoms with van der Waals surface area (Å²) in [6.07, 6.45) is 6.73. The van der Waals surface area contributed by atoms with Gasteiger partial charge in [0.25, 0.3) is 0 Å². The summed E-state index contributed by atoms with van der Waals surface area (Å²) in [5.41, 5.74) is 4.41. The van der Waals surface area contributed by atoms with E-state index in [9.17, 15) is 4.79 Å². The number of carbonyl (C=O) groups excluding carboxylic acids is 1. The van der Waals surface area contributed by atoms with Crippen LogP contribution in [0.25, 0.3) is 11.3 Å². The van der Waals surface area contributed by atoms with Crippen LogP contribution < -0.4 is 0 Å². The van der Waals surface area contributed by atoms with Crippen LogP contribution in [0.1, 0.15) is 55.3 Å². The lowest BCUT2D eigenvalue weighted by Crippen LogP contribution is -2.36. The first kappa shape index (κ1) is 16.4. The summed E-state index contributed by atoms with van der Waals surface area (Å²) in [6.45, 7) is 4.78. The number of rotatable bonds is 5. The van der Waals surface area contributed by atoms with E-state index in [1.54, 1.807) is 0 Å². The van der Waals surface area contributed by atoms with Crippen LogP contribution in [-0.2, 0) is 11.3 Å². The molecule has 1 amide bonds. The van der Waals surface area contributed by atoms with Crippen LogP contribution >= 0.6 is 0 Å². The molecule has 0 atom stereocenters. The largest absolute Gasteiger partial charge is 0.356 e. The summed E-state index contributed by atoms with van der Waals surface area (Å²) in [5.74, 6) is 1.34. The van der Waals surface area contributed by atoms with Crippen LogP contribution in [0.4, 0.5) is 0 Å². The zero-order chi connectivity index (χ0) is 17.4. The number of hydrogen-bond donors (Lipinski definition) is 0. The van der Waals surface area contributed by atoms with Crippen molar-refractivity contribution in [3.05, 3.63) is 41.1 Å². The van der Waals surface area contributed by atoms with Crippen LogP contribution in [-0.4, -0.2) is 22.0 Å². The Kier molecular flexibility index (Phi) is 4.36. The highest BCUT2D eigenvalue weighted by atomic mass is 16.5. The smallest absolute Gasteiger partial charge is 0.226 e. The predicted octanol–water partition coefficient (Wildman–Crippen LogP) is 4.64. The molecule has 4 nitrogen and oxygen atoms in total. The molecule has 0 saturated heterocycles. The molecule has 0 radical (unpaired) electrons. The van der Waals surface area contributed by atoms with Crippen LogP contribution in [0.5, 0.6) is 0 Å². The number of aromatic nitrogens is 1. The van der Waals surface area contributed by atoms with Crippen molar-refractivity contribution in [1.82, 2.24) is 10.1 Å². The Morgan fingerprint density at radius 2 is 1.88 bits per heavy atom. The molecule has 1 heterocycles. The predicted molar refractivity (Wildman–Crippen MR) is 96.9 cm³/mol. The molecule has 1 aromatic carbocycles. The number of carbonyl (C=O) groups is 1. The summed E-state index contributed by atoms with van der Waals surface area (Å²) in [5, 5.41) is 4.23. The molecule has 0 spiro atoms. The van der Waals surface area contributed by atoms with E-state index in [-0.39, 0.29) is 5.92 Å². The average Bonchev–Trinajstić information content (AvgIpc) is 3.11. The lowest BCUT2D eigenvalue weighted by atomic mass is 10.0. The molecule has 0 bridgehead atoms. The molecule has 4 rings (SSSR count). The van der Waals surface area contributed by atoms with Gasteiger partial charge in [0.1, 0.15) is 5.69 Å². The van der Waals surface area contributed by atoms with Gasteiger partial charge in [0.15, 0.2) is 5.76 Å². The minimum Gasteiger partial charge on any atom is -0.356 e. The number of amides is 1. The molecule has 4 heteroatoms. The van der Waals surface area contributed by atoms with Gasteiger partial charge in [0.05, 0.1) is 6.54 Å². The molecule has 2 saturated carbocycles. The van der Waals surface area contributed by atoms with Gasteiger partial charge in [-0.25, -0.2) is 0 Å². The van der Waals surface area contributed by atoms with Gasteiger partial charge in [0.2, 0.25) is 5.91 Å². The molecule has 2 fully saturated rings. The number of benzene rings is 1. The zero-order valence-electron chi connectivity index (χ0n) is 15.1. The van der Waals surface area contributed by atoms with E-state index in [2.05, 4.69) is 42.1 Å². The topological polar surface area (TPSA) is 46.3 Å². The first-order valence-electron chi connectivity index (χ1n) is 9.45. The normalized spacial score (nSPS) is 17.8. The maximum absolute atomic E-state index is 12.9. The van der Waals surface area contributed by atoms with E-state index >= 15 is 0 Å². The van der Waals surface area contributed by atoms with Crippen LogP contribution in [0, 0.1) is 19.8 Å². The van der Waals surface area contributed by atoms with Gasteiger partial charge in [-0.2, -0.15) is 0 Å². The summed E-state index contributed by atoms with van der Waals surface area (Å²) in [7, 11) is 0. The zero-order valence-corrected chi connectivity index (χ0v) is 15.1. The third-order valence-electron chi connectivity index (χ3n) is 5.66. The molecule has 2 aromatic rings. The fourth-order valence-electron chi connectivity index (χ4n) is 3.77. The van der Waals surface area contributed by atoms with Crippen molar-refractivity contribution in [3.63, 3.8) is 0 Å². The highest BCUT2D eigenvalue weighted by Gasteiger charge is 2.37. The van der Waals surface area contributed by atoms with E-state index in [0.29, 0.717) is 18.5 Å². The third kappa shape index (κ3) is 3.48. The van der Waals surface area contributed by atoms with Crippen molar-refractivity contribution < 1.29 is 9.32 Å². The molecule has 2 aliphatic rings. The summed E-state index contributed by atoms with van der Waals surface area (Å²) < 4.78 is 5.56. The molecular formula is C21H26N2O2. The monoisotopic (exact) mass is 338 g/mol. The lowest BCUT2D eigenvalue weighted by molar-refractivity contribution is -0.136. The lowest BCUT2D eigenvalue weighted by Gasteiger charge is -2.24. The van der Waals surface area contributed by atoms with E-state index in [1.165, 1.54) is 24.0 Å². The van der Waals surface area contributed by atoms with Gasteiger partial charge in [0, 0.05) is 23.6 Å². The van der Waals surface area contributed by atoms with Crippen molar-refractivity contribution in [2.45, 2.75) is 65.0 Å². The van der Waals surface area contributed by atoms with E-state index in [0.717, 1.165) is 42.7 Å². The third-order valence-corrected chi connectivity index (χ3v) is 5.66. The van der Waals surface area contributed by atoms with Crippen molar-refractivity contribution in [1.29, 1.82) is 0 Å². The quantitative estimate of drug-likeness (QED) is 0.798. The van der Waals surface area contributed by atoms with Crippen molar-refractivity contribution in [2.24, 2.45) is 5.92 Å².